The first-order valence-electron chi connectivity index (χ1n) is 8.49. The molecule has 0 spiro atoms. The summed E-state index contributed by atoms with van der Waals surface area (Å²) in [6, 6.07) is 0.216. The fourth-order valence-electron chi connectivity index (χ4n) is 3.27. The summed E-state index contributed by atoms with van der Waals surface area (Å²) >= 11 is 2.90. The Hall–Kier alpha value is -1.02. The zero-order valence-electron chi connectivity index (χ0n) is 14.7. The van der Waals surface area contributed by atoms with Crippen molar-refractivity contribution >= 4 is 29.6 Å². The molecule has 0 unspecified atom stereocenters. The van der Waals surface area contributed by atoms with Gasteiger partial charge in [-0.25, -0.2) is 4.79 Å². The Labute approximate surface area is 151 Å². The Morgan fingerprint density at radius 1 is 1.38 bits per heavy atom. The molecule has 1 aromatic heterocycles. The number of carbonyl (C=O) groups is 1. The molecule has 1 aromatic rings. The van der Waals surface area contributed by atoms with Crippen LogP contribution in [0.15, 0.2) is 5.03 Å². The number of carbonyl (C=O) groups excluding carboxylic acids is 1. The molecule has 2 aliphatic rings. The number of nitrogens with zero attached hydrogens (tertiary/aromatic N) is 3. The highest BCUT2D eigenvalue weighted by molar-refractivity contribution is 7.99. The lowest BCUT2D eigenvalue weighted by molar-refractivity contribution is 0.00998. The van der Waals surface area contributed by atoms with Gasteiger partial charge in [0.15, 0.2) is 5.03 Å². The highest BCUT2D eigenvalue weighted by atomic mass is 32.2. The van der Waals surface area contributed by atoms with Gasteiger partial charge in [0, 0.05) is 24.9 Å². The van der Waals surface area contributed by atoms with E-state index in [0.29, 0.717) is 18.3 Å². The number of ether oxygens (including phenoxy) is 2. The molecule has 6 nitrogen and oxygen atoms in total. The summed E-state index contributed by atoms with van der Waals surface area (Å²) in [5.41, 5.74) is -0.452. The van der Waals surface area contributed by atoms with Crippen LogP contribution in [-0.2, 0) is 4.74 Å². The number of thioether (sulfide) groups is 1. The fourth-order valence-corrected chi connectivity index (χ4v) is 4.65. The topological polar surface area (TPSA) is 64.6 Å². The summed E-state index contributed by atoms with van der Waals surface area (Å²) in [6.45, 7) is 8.55. The van der Waals surface area contributed by atoms with Gasteiger partial charge < -0.3 is 14.4 Å². The summed E-state index contributed by atoms with van der Waals surface area (Å²) in [5.74, 6) is 2.04. The van der Waals surface area contributed by atoms with Gasteiger partial charge in [-0.2, -0.15) is 4.37 Å². The number of piperidine rings is 1. The Morgan fingerprint density at radius 3 is 2.79 bits per heavy atom. The van der Waals surface area contributed by atoms with Crippen molar-refractivity contribution in [1.82, 2.24) is 13.6 Å². The summed E-state index contributed by atoms with van der Waals surface area (Å²) in [5, 5.41) is 0.897. The molecule has 2 bridgehead atoms. The molecule has 0 N–H and O–H groups in total. The number of aromatic nitrogens is 2. The Morgan fingerprint density at radius 2 is 2.17 bits per heavy atom. The lowest BCUT2D eigenvalue weighted by Gasteiger charge is -2.32. The van der Waals surface area contributed by atoms with Crippen molar-refractivity contribution in [3.63, 3.8) is 0 Å². The molecule has 24 heavy (non-hydrogen) atoms. The van der Waals surface area contributed by atoms with Crippen LogP contribution < -0.4 is 4.74 Å². The molecule has 8 heteroatoms. The third kappa shape index (κ3) is 3.96. The molecule has 1 aliphatic carbocycles. The van der Waals surface area contributed by atoms with Crippen LogP contribution >= 0.6 is 23.5 Å². The van der Waals surface area contributed by atoms with Gasteiger partial charge in [-0.1, -0.05) is 18.7 Å². The van der Waals surface area contributed by atoms with Crippen molar-refractivity contribution in [2.45, 2.75) is 69.7 Å². The predicted octanol–water partition coefficient (Wildman–Crippen LogP) is 3.82. The zero-order valence-corrected chi connectivity index (χ0v) is 16.3. The lowest BCUT2D eigenvalue weighted by atomic mass is 10.1. The molecule has 0 aromatic carbocycles. The summed E-state index contributed by atoms with van der Waals surface area (Å²) < 4.78 is 20.3. The highest BCUT2D eigenvalue weighted by Gasteiger charge is 2.49. The minimum absolute atomic E-state index is 0.124. The van der Waals surface area contributed by atoms with Gasteiger partial charge in [0.05, 0.1) is 11.7 Å². The number of hydrogen-bond donors (Lipinski definition) is 0. The SMILES string of the molecule is CCCSc1nsnc1O[C@H]1C[C@H]2C[C@@H]1CN2C(=O)OC(C)(C)C. The first kappa shape index (κ1) is 17.8. The molecule has 0 radical (unpaired) electrons. The molecule has 3 atom stereocenters. The predicted molar refractivity (Wildman–Crippen MR) is 94.8 cm³/mol. The first-order chi connectivity index (χ1) is 11.4. The van der Waals surface area contributed by atoms with E-state index >= 15 is 0 Å². The van der Waals surface area contributed by atoms with Gasteiger partial charge in [-0.3, -0.25) is 0 Å². The van der Waals surface area contributed by atoms with E-state index in [0.717, 1.165) is 30.0 Å². The van der Waals surface area contributed by atoms with Crippen molar-refractivity contribution in [2.75, 3.05) is 12.3 Å². The molecule has 2 heterocycles. The molecule has 1 aliphatic heterocycles. The maximum atomic E-state index is 12.3. The number of likely N-dealkylation sites (tertiary alicyclic amines) is 1. The molecule has 134 valence electrons. The molecular formula is C16H25N3O3S2. The first-order valence-corrected chi connectivity index (χ1v) is 10.2. The van der Waals surface area contributed by atoms with E-state index in [9.17, 15) is 4.79 Å². The normalized spacial score (nSPS) is 26.0. The second kappa shape index (κ2) is 7.07. The number of amides is 1. The monoisotopic (exact) mass is 371 g/mol. The van der Waals surface area contributed by atoms with Gasteiger partial charge in [0.2, 0.25) is 0 Å². The zero-order chi connectivity index (χ0) is 17.3. The van der Waals surface area contributed by atoms with Gasteiger partial charge in [0.25, 0.3) is 5.88 Å². The van der Waals surface area contributed by atoms with Crippen molar-refractivity contribution < 1.29 is 14.3 Å². The van der Waals surface area contributed by atoms with E-state index < -0.39 is 5.60 Å². The van der Waals surface area contributed by atoms with E-state index in [1.165, 1.54) is 11.7 Å². The van der Waals surface area contributed by atoms with Crippen molar-refractivity contribution in [2.24, 2.45) is 5.92 Å². The van der Waals surface area contributed by atoms with Crippen LogP contribution in [0.25, 0.3) is 0 Å². The third-order valence-corrected chi connectivity index (χ3v) is 6.02. The Bertz CT molecular complexity index is 587. The van der Waals surface area contributed by atoms with Gasteiger partial charge >= 0.3 is 6.09 Å². The van der Waals surface area contributed by atoms with Crippen LogP contribution in [0.2, 0.25) is 0 Å². The van der Waals surface area contributed by atoms with Crippen LogP contribution in [0.1, 0.15) is 47.0 Å². The van der Waals surface area contributed by atoms with Crippen LogP contribution in [-0.4, -0.2) is 49.8 Å². The van der Waals surface area contributed by atoms with Crippen LogP contribution in [0.4, 0.5) is 4.79 Å². The lowest BCUT2D eigenvalue weighted by Crippen LogP contribution is -2.45. The minimum atomic E-state index is -0.452. The smallest absolute Gasteiger partial charge is 0.410 e. The van der Waals surface area contributed by atoms with Gasteiger partial charge in [-0.05, 0) is 39.4 Å². The maximum absolute atomic E-state index is 12.3. The highest BCUT2D eigenvalue weighted by Crippen LogP contribution is 2.41. The van der Waals surface area contributed by atoms with Crippen LogP contribution in [0.5, 0.6) is 5.88 Å². The molecule has 3 rings (SSSR count). The molecule has 1 saturated carbocycles. The second-order valence-corrected chi connectivity index (χ2v) is 9.01. The summed E-state index contributed by atoms with van der Waals surface area (Å²) in [7, 11) is 0. The largest absolute Gasteiger partial charge is 0.471 e. The Balaban J connectivity index is 1.56. The van der Waals surface area contributed by atoms with Gasteiger partial charge in [-0.15, -0.1) is 4.37 Å². The average molecular weight is 372 g/mol. The van der Waals surface area contributed by atoms with Crippen molar-refractivity contribution in [3.05, 3.63) is 0 Å². The molecule has 1 saturated heterocycles. The molecule has 1 amide bonds. The van der Waals surface area contributed by atoms with Gasteiger partial charge in [0.1, 0.15) is 11.7 Å². The molecule has 2 fully saturated rings. The quantitative estimate of drug-likeness (QED) is 0.733. The van der Waals surface area contributed by atoms with E-state index in [1.54, 1.807) is 11.8 Å². The number of hydrogen-bond acceptors (Lipinski definition) is 7. The van der Waals surface area contributed by atoms with E-state index in [1.807, 2.05) is 25.7 Å². The van der Waals surface area contributed by atoms with E-state index in [2.05, 4.69) is 15.7 Å². The Kier molecular flexibility index (Phi) is 5.24. The van der Waals surface area contributed by atoms with Crippen LogP contribution in [0.3, 0.4) is 0 Å². The number of fused-ring (bicyclic) bond motifs is 2. The molecular weight excluding hydrogens is 346 g/mol. The van der Waals surface area contributed by atoms with Crippen LogP contribution in [0, 0.1) is 5.92 Å². The van der Waals surface area contributed by atoms with Crippen molar-refractivity contribution in [1.29, 1.82) is 0 Å². The van der Waals surface area contributed by atoms with E-state index in [4.69, 9.17) is 9.47 Å². The third-order valence-electron chi connectivity index (χ3n) is 4.24. The standard InChI is InChI=1S/C16H25N3O3S2/c1-5-6-23-14-13(17-24-18-14)21-12-8-11-7-10(12)9-19(11)15(20)22-16(2,3)4/h10-12H,5-9H2,1-4H3/t10-,11-,12+/m1/s1. The second-order valence-electron chi connectivity index (χ2n) is 7.40. The average Bonchev–Trinajstić information content (AvgIpc) is 3.18. The minimum Gasteiger partial charge on any atom is -0.471 e. The fraction of sp³-hybridized carbons (Fsp3) is 0.812. The summed E-state index contributed by atoms with van der Waals surface area (Å²) in [6.07, 6.45) is 2.85. The maximum Gasteiger partial charge on any atom is 0.410 e. The van der Waals surface area contributed by atoms with Crippen molar-refractivity contribution in [3.8, 4) is 5.88 Å². The summed E-state index contributed by atoms with van der Waals surface area (Å²) in [4.78, 5) is 14.1. The number of rotatable bonds is 5. The van der Waals surface area contributed by atoms with E-state index in [-0.39, 0.29) is 18.2 Å².